The number of rotatable bonds is 5. The molecule has 0 radical (unpaired) electrons. The predicted molar refractivity (Wildman–Crippen MR) is 86.9 cm³/mol. The van der Waals surface area contributed by atoms with E-state index in [9.17, 15) is 4.79 Å². The molecule has 1 unspecified atom stereocenters. The van der Waals surface area contributed by atoms with Crippen molar-refractivity contribution in [2.75, 3.05) is 11.9 Å². The number of anilines is 1. The molecule has 1 atom stereocenters. The minimum Gasteiger partial charge on any atom is -0.463 e. The van der Waals surface area contributed by atoms with Gasteiger partial charge in [-0.15, -0.1) is 11.3 Å². The monoisotopic (exact) mass is 317 g/mol. The average Bonchev–Trinajstić information content (AvgIpc) is 3.17. The van der Waals surface area contributed by atoms with Crippen molar-refractivity contribution in [2.24, 2.45) is 0 Å². The number of carbonyl (C=O) groups excluding carboxylic acids is 1. The van der Waals surface area contributed by atoms with Crippen molar-refractivity contribution in [1.29, 1.82) is 0 Å². The van der Waals surface area contributed by atoms with E-state index in [0.717, 1.165) is 29.2 Å². The molecule has 6 heteroatoms. The normalized spacial score (nSPS) is 17.1. The number of allylic oxidation sites excluding steroid dienone is 1. The van der Waals surface area contributed by atoms with E-state index in [-0.39, 0.29) is 12.0 Å². The lowest BCUT2D eigenvalue weighted by molar-refractivity contribution is -0.139. The van der Waals surface area contributed by atoms with E-state index in [1.54, 1.807) is 17.5 Å². The molecular formula is C16H19N3O2S. The molecule has 3 rings (SSSR count). The molecule has 1 N–H and O–H groups in total. The second-order valence-electron chi connectivity index (χ2n) is 5.07. The fourth-order valence-electron chi connectivity index (χ4n) is 2.73. The van der Waals surface area contributed by atoms with E-state index in [2.05, 4.69) is 17.3 Å². The van der Waals surface area contributed by atoms with Crippen molar-refractivity contribution in [1.82, 2.24) is 9.78 Å². The lowest BCUT2D eigenvalue weighted by Gasteiger charge is -2.29. The SMILES string of the molecule is CCCC1=C(C(=O)OCC)C(c2cccs2)n2nccc2N1. The Morgan fingerprint density at radius 3 is 3.00 bits per heavy atom. The maximum Gasteiger partial charge on any atom is 0.338 e. The maximum atomic E-state index is 12.6. The zero-order valence-corrected chi connectivity index (χ0v) is 13.5. The zero-order chi connectivity index (χ0) is 15.5. The summed E-state index contributed by atoms with van der Waals surface area (Å²) in [6.45, 7) is 4.29. The van der Waals surface area contributed by atoms with Crippen molar-refractivity contribution in [3.63, 3.8) is 0 Å². The molecule has 3 heterocycles. The van der Waals surface area contributed by atoms with E-state index in [1.807, 2.05) is 35.2 Å². The van der Waals surface area contributed by atoms with Crippen LogP contribution in [0.5, 0.6) is 0 Å². The number of carbonyl (C=O) groups is 1. The number of hydrogen-bond acceptors (Lipinski definition) is 5. The van der Waals surface area contributed by atoms with E-state index >= 15 is 0 Å². The Hall–Kier alpha value is -2.08. The third-order valence-corrected chi connectivity index (χ3v) is 4.53. The summed E-state index contributed by atoms with van der Waals surface area (Å²) in [7, 11) is 0. The lowest BCUT2D eigenvalue weighted by Crippen LogP contribution is -2.29. The highest BCUT2D eigenvalue weighted by atomic mass is 32.1. The van der Waals surface area contributed by atoms with Gasteiger partial charge in [-0.1, -0.05) is 19.4 Å². The molecule has 5 nitrogen and oxygen atoms in total. The Bertz CT molecular complexity index is 688. The van der Waals surface area contributed by atoms with Gasteiger partial charge in [-0.3, -0.25) is 0 Å². The Kier molecular flexibility index (Phi) is 4.29. The van der Waals surface area contributed by atoms with E-state index < -0.39 is 0 Å². The van der Waals surface area contributed by atoms with Gasteiger partial charge in [-0.2, -0.15) is 5.10 Å². The van der Waals surface area contributed by atoms with Gasteiger partial charge >= 0.3 is 5.97 Å². The van der Waals surface area contributed by atoms with Crippen LogP contribution in [0.3, 0.4) is 0 Å². The molecule has 0 aliphatic carbocycles. The summed E-state index contributed by atoms with van der Waals surface area (Å²) >= 11 is 1.63. The number of esters is 1. The molecule has 0 saturated carbocycles. The highest BCUT2D eigenvalue weighted by Crippen LogP contribution is 2.38. The first kappa shape index (κ1) is 14.8. The van der Waals surface area contributed by atoms with Gasteiger partial charge in [0, 0.05) is 16.6 Å². The summed E-state index contributed by atoms with van der Waals surface area (Å²) in [6.07, 6.45) is 3.51. The summed E-state index contributed by atoms with van der Waals surface area (Å²) in [6, 6.07) is 5.74. The van der Waals surface area contributed by atoms with Gasteiger partial charge in [-0.25, -0.2) is 9.48 Å². The van der Waals surface area contributed by atoms with Crippen molar-refractivity contribution >= 4 is 23.1 Å². The first-order valence-corrected chi connectivity index (χ1v) is 8.38. The van der Waals surface area contributed by atoms with Crippen LogP contribution in [-0.4, -0.2) is 22.4 Å². The number of nitrogens with one attached hydrogen (secondary N) is 1. The third kappa shape index (κ3) is 2.54. The smallest absolute Gasteiger partial charge is 0.338 e. The molecule has 0 aromatic carbocycles. The van der Waals surface area contributed by atoms with Crippen LogP contribution in [0.2, 0.25) is 0 Å². The summed E-state index contributed by atoms with van der Waals surface area (Å²) in [5.41, 5.74) is 1.61. The Labute approximate surface area is 133 Å². The van der Waals surface area contributed by atoms with Crippen LogP contribution in [-0.2, 0) is 9.53 Å². The van der Waals surface area contributed by atoms with Crippen molar-refractivity contribution in [2.45, 2.75) is 32.7 Å². The summed E-state index contributed by atoms with van der Waals surface area (Å²) in [5.74, 6) is 0.646. The molecule has 1 aliphatic heterocycles. The molecule has 0 amide bonds. The van der Waals surface area contributed by atoms with E-state index in [4.69, 9.17) is 4.74 Å². The van der Waals surface area contributed by atoms with Crippen molar-refractivity contribution in [3.8, 4) is 0 Å². The van der Waals surface area contributed by atoms with Crippen LogP contribution in [0.25, 0.3) is 0 Å². The van der Waals surface area contributed by atoms with Gasteiger partial charge in [0.15, 0.2) is 0 Å². The second kappa shape index (κ2) is 6.36. The molecule has 116 valence electrons. The van der Waals surface area contributed by atoms with E-state index in [1.165, 1.54) is 0 Å². The number of ether oxygens (including phenoxy) is 1. The molecule has 0 bridgehead atoms. The second-order valence-corrected chi connectivity index (χ2v) is 6.05. The molecule has 22 heavy (non-hydrogen) atoms. The number of fused-ring (bicyclic) bond motifs is 1. The maximum absolute atomic E-state index is 12.6. The largest absolute Gasteiger partial charge is 0.463 e. The first-order chi connectivity index (χ1) is 10.8. The van der Waals surface area contributed by atoms with Gasteiger partial charge in [-0.05, 0) is 24.8 Å². The Morgan fingerprint density at radius 1 is 1.45 bits per heavy atom. The van der Waals surface area contributed by atoms with Crippen LogP contribution in [0.15, 0.2) is 41.0 Å². The third-order valence-electron chi connectivity index (χ3n) is 3.60. The van der Waals surface area contributed by atoms with Gasteiger partial charge < -0.3 is 10.1 Å². The van der Waals surface area contributed by atoms with Gasteiger partial charge in [0.25, 0.3) is 0 Å². The van der Waals surface area contributed by atoms with Gasteiger partial charge in [0.1, 0.15) is 11.9 Å². The Balaban J connectivity index is 2.13. The standard InChI is InChI=1S/C16H19N3O2S/c1-3-6-11-14(16(20)21-4-2)15(12-7-5-10-22-12)19-13(18-11)8-9-17-19/h5,7-10,15,18H,3-4,6H2,1-2H3. The minimum atomic E-state index is -0.266. The molecule has 0 fully saturated rings. The molecule has 0 saturated heterocycles. The van der Waals surface area contributed by atoms with Crippen LogP contribution >= 0.6 is 11.3 Å². The van der Waals surface area contributed by atoms with Crippen LogP contribution in [0.1, 0.15) is 37.6 Å². The lowest BCUT2D eigenvalue weighted by atomic mass is 9.98. The quantitative estimate of drug-likeness (QED) is 0.857. The van der Waals surface area contributed by atoms with Crippen molar-refractivity contribution in [3.05, 3.63) is 45.9 Å². The predicted octanol–water partition coefficient (Wildman–Crippen LogP) is 3.58. The fourth-order valence-corrected chi connectivity index (χ4v) is 3.55. The number of aromatic nitrogens is 2. The topological polar surface area (TPSA) is 56.2 Å². The summed E-state index contributed by atoms with van der Waals surface area (Å²) < 4.78 is 7.16. The highest BCUT2D eigenvalue weighted by Gasteiger charge is 2.34. The highest BCUT2D eigenvalue weighted by molar-refractivity contribution is 7.10. The molecular weight excluding hydrogens is 298 g/mol. The Morgan fingerprint density at radius 2 is 2.32 bits per heavy atom. The number of hydrogen-bond donors (Lipinski definition) is 1. The molecule has 2 aromatic rings. The first-order valence-electron chi connectivity index (χ1n) is 7.50. The fraction of sp³-hybridized carbons (Fsp3) is 0.375. The molecule has 2 aromatic heterocycles. The number of nitrogens with zero attached hydrogens (tertiary/aromatic N) is 2. The van der Waals surface area contributed by atoms with E-state index in [0.29, 0.717) is 12.2 Å². The summed E-state index contributed by atoms with van der Waals surface area (Å²) in [5, 5.41) is 9.76. The molecule has 0 spiro atoms. The van der Waals surface area contributed by atoms with Gasteiger partial charge in [0.2, 0.25) is 0 Å². The number of thiophene rings is 1. The van der Waals surface area contributed by atoms with Crippen LogP contribution < -0.4 is 5.32 Å². The van der Waals surface area contributed by atoms with Crippen molar-refractivity contribution < 1.29 is 9.53 Å². The average molecular weight is 317 g/mol. The van der Waals surface area contributed by atoms with Gasteiger partial charge in [0.05, 0.1) is 18.4 Å². The zero-order valence-electron chi connectivity index (χ0n) is 12.7. The van der Waals surface area contributed by atoms with Crippen LogP contribution in [0, 0.1) is 0 Å². The van der Waals surface area contributed by atoms with Crippen LogP contribution in [0.4, 0.5) is 5.82 Å². The molecule has 1 aliphatic rings. The summed E-state index contributed by atoms with van der Waals surface area (Å²) in [4.78, 5) is 13.7. The minimum absolute atomic E-state index is 0.216.